The van der Waals surface area contributed by atoms with Crippen molar-refractivity contribution >= 4 is 29.3 Å². The second kappa shape index (κ2) is 7.84. The molecule has 1 amide bonds. The molecule has 0 aromatic heterocycles. The average molecular weight is 336 g/mol. The van der Waals surface area contributed by atoms with E-state index in [0.29, 0.717) is 6.61 Å². The van der Waals surface area contributed by atoms with Gasteiger partial charge in [-0.2, -0.15) is 0 Å². The van der Waals surface area contributed by atoms with Crippen LogP contribution in [0.3, 0.4) is 0 Å². The van der Waals surface area contributed by atoms with Crippen LogP contribution in [0.15, 0.2) is 29.2 Å². The Kier molecular flexibility index (Phi) is 6.07. The Hall–Kier alpha value is -1.53. The minimum absolute atomic E-state index is 0.0656. The molecule has 6 heteroatoms. The van der Waals surface area contributed by atoms with Gasteiger partial charge in [-0.05, 0) is 32.1 Å². The lowest BCUT2D eigenvalue weighted by molar-refractivity contribution is -0.145. The Morgan fingerprint density at radius 2 is 2.00 bits per heavy atom. The molecule has 0 saturated carbocycles. The van der Waals surface area contributed by atoms with Gasteiger partial charge < -0.3 is 15.0 Å². The van der Waals surface area contributed by atoms with E-state index in [0.717, 1.165) is 30.2 Å². The van der Waals surface area contributed by atoms with Gasteiger partial charge in [0.25, 0.3) is 0 Å². The van der Waals surface area contributed by atoms with Crippen molar-refractivity contribution in [1.82, 2.24) is 4.90 Å². The summed E-state index contributed by atoms with van der Waals surface area (Å²) in [5.74, 6) is -0.483. The highest BCUT2D eigenvalue weighted by Crippen LogP contribution is 2.44. The Balaban J connectivity index is 1.91. The zero-order valence-corrected chi connectivity index (χ0v) is 14.7. The van der Waals surface area contributed by atoms with Crippen molar-refractivity contribution < 1.29 is 14.3 Å². The molecule has 1 aliphatic rings. The number of carbonyl (C=O) groups is 2. The van der Waals surface area contributed by atoms with E-state index in [1.54, 1.807) is 6.92 Å². The predicted octanol–water partition coefficient (Wildman–Crippen LogP) is 2.76. The number of nitrogens with zero attached hydrogens (tertiary/aromatic N) is 1. The summed E-state index contributed by atoms with van der Waals surface area (Å²) >= 11 is 1.42. The van der Waals surface area contributed by atoms with Crippen LogP contribution in [-0.2, 0) is 14.3 Å². The maximum Gasteiger partial charge on any atom is 0.307 e. The van der Waals surface area contributed by atoms with Crippen molar-refractivity contribution in [2.45, 2.75) is 36.8 Å². The van der Waals surface area contributed by atoms with Crippen molar-refractivity contribution in [2.75, 3.05) is 31.6 Å². The molecule has 1 N–H and O–H groups in total. The van der Waals surface area contributed by atoms with E-state index in [1.807, 2.05) is 24.3 Å². The number of para-hydroxylation sites is 1. The van der Waals surface area contributed by atoms with Crippen LogP contribution in [0.5, 0.6) is 0 Å². The minimum Gasteiger partial charge on any atom is -0.464 e. The zero-order valence-electron chi connectivity index (χ0n) is 13.9. The van der Waals surface area contributed by atoms with Crippen LogP contribution in [0.1, 0.15) is 27.2 Å². The molecule has 1 heterocycles. The quantitative estimate of drug-likeness (QED) is 0.776. The maximum atomic E-state index is 12.3. The Morgan fingerprint density at radius 1 is 1.30 bits per heavy atom. The normalized spacial score (nSPS) is 20.1. The highest BCUT2D eigenvalue weighted by Gasteiger charge is 2.41. The molecule has 126 valence electrons. The summed E-state index contributed by atoms with van der Waals surface area (Å²) in [6.07, 6.45) is 0.0656. The Bertz CT molecular complexity index is 575. The standard InChI is InChI=1S/C17H24N2O3S/c1-4-19(5-2)10-11-22-15(20)12-17(3)16(21)18-13-8-6-7-9-14(13)23-17/h6-9H,4-5,10-12H2,1-3H3,(H,18,21). The number of amides is 1. The molecule has 23 heavy (non-hydrogen) atoms. The number of thioether (sulfide) groups is 1. The molecule has 1 unspecified atom stereocenters. The van der Waals surface area contributed by atoms with Crippen molar-refractivity contribution in [2.24, 2.45) is 0 Å². The summed E-state index contributed by atoms with van der Waals surface area (Å²) < 4.78 is 4.47. The van der Waals surface area contributed by atoms with Crippen molar-refractivity contribution in [3.8, 4) is 0 Å². The van der Waals surface area contributed by atoms with Gasteiger partial charge in [-0.15, -0.1) is 11.8 Å². The molecule has 0 radical (unpaired) electrons. The van der Waals surface area contributed by atoms with Gasteiger partial charge in [0.1, 0.15) is 11.4 Å². The van der Waals surface area contributed by atoms with Crippen molar-refractivity contribution in [3.63, 3.8) is 0 Å². The number of carbonyl (C=O) groups excluding carboxylic acids is 2. The third-order valence-corrected chi connectivity index (χ3v) is 5.35. The molecule has 2 rings (SSSR count). The number of nitrogens with one attached hydrogen (secondary N) is 1. The average Bonchev–Trinajstić information content (AvgIpc) is 2.52. The third kappa shape index (κ3) is 4.48. The van der Waals surface area contributed by atoms with Crippen LogP contribution >= 0.6 is 11.8 Å². The highest BCUT2D eigenvalue weighted by atomic mass is 32.2. The van der Waals surface area contributed by atoms with Crippen molar-refractivity contribution in [1.29, 1.82) is 0 Å². The van der Waals surface area contributed by atoms with Gasteiger partial charge in [0.05, 0.1) is 12.1 Å². The lowest BCUT2D eigenvalue weighted by Crippen LogP contribution is -2.42. The lowest BCUT2D eigenvalue weighted by atomic mass is 10.1. The third-order valence-electron chi connectivity index (χ3n) is 4.00. The molecule has 1 aliphatic heterocycles. The Morgan fingerprint density at radius 3 is 2.70 bits per heavy atom. The van der Waals surface area contributed by atoms with Gasteiger partial charge >= 0.3 is 5.97 Å². The zero-order chi connectivity index (χ0) is 16.9. The number of hydrogen-bond acceptors (Lipinski definition) is 5. The van der Waals surface area contributed by atoms with Crippen LogP contribution in [0.2, 0.25) is 0 Å². The molecule has 1 atom stereocenters. The van der Waals surface area contributed by atoms with Crippen LogP contribution in [0.25, 0.3) is 0 Å². The smallest absolute Gasteiger partial charge is 0.307 e. The fraction of sp³-hybridized carbons (Fsp3) is 0.529. The highest BCUT2D eigenvalue weighted by molar-refractivity contribution is 8.01. The van der Waals surface area contributed by atoms with Gasteiger partial charge in [-0.3, -0.25) is 9.59 Å². The molecular weight excluding hydrogens is 312 g/mol. The molecule has 0 saturated heterocycles. The van der Waals surface area contributed by atoms with Gasteiger partial charge in [0.15, 0.2) is 0 Å². The van der Waals surface area contributed by atoms with Crippen LogP contribution in [0, 0.1) is 0 Å². The predicted molar refractivity (Wildman–Crippen MR) is 92.7 cm³/mol. The first-order valence-electron chi connectivity index (χ1n) is 7.96. The molecule has 0 spiro atoms. The van der Waals surface area contributed by atoms with E-state index in [4.69, 9.17) is 4.74 Å². The summed E-state index contributed by atoms with van der Waals surface area (Å²) in [5.41, 5.74) is 0.801. The second-order valence-corrected chi connectivity index (χ2v) is 7.25. The van der Waals surface area contributed by atoms with Gasteiger partial charge in [0, 0.05) is 11.4 Å². The molecule has 1 aromatic carbocycles. The number of likely N-dealkylation sites (N-methyl/N-ethyl adjacent to an activating group) is 1. The van der Waals surface area contributed by atoms with E-state index in [2.05, 4.69) is 24.1 Å². The molecule has 0 aliphatic carbocycles. The van der Waals surface area contributed by atoms with E-state index in [9.17, 15) is 9.59 Å². The maximum absolute atomic E-state index is 12.3. The summed E-state index contributed by atoms with van der Waals surface area (Å²) in [5, 5.41) is 2.87. The van der Waals surface area contributed by atoms with Gasteiger partial charge in [-0.25, -0.2) is 0 Å². The van der Waals surface area contributed by atoms with Crippen LogP contribution < -0.4 is 5.32 Å². The molecule has 0 fully saturated rings. The lowest BCUT2D eigenvalue weighted by Gasteiger charge is -2.32. The second-order valence-electron chi connectivity index (χ2n) is 5.71. The van der Waals surface area contributed by atoms with Crippen LogP contribution in [0.4, 0.5) is 5.69 Å². The number of anilines is 1. The number of ether oxygens (including phenoxy) is 1. The monoisotopic (exact) mass is 336 g/mol. The molecule has 1 aromatic rings. The summed E-state index contributed by atoms with van der Waals surface area (Å²) in [6, 6.07) is 7.61. The largest absolute Gasteiger partial charge is 0.464 e. The number of rotatable bonds is 7. The first-order chi connectivity index (χ1) is 11.0. The number of hydrogen-bond donors (Lipinski definition) is 1. The number of benzene rings is 1. The SMILES string of the molecule is CCN(CC)CCOC(=O)CC1(C)Sc2ccccc2NC1=O. The fourth-order valence-corrected chi connectivity index (χ4v) is 3.67. The van der Waals surface area contributed by atoms with E-state index < -0.39 is 4.75 Å². The van der Waals surface area contributed by atoms with E-state index >= 15 is 0 Å². The van der Waals surface area contributed by atoms with E-state index in [1.165, 1.54) is 11.8 Å². The number of esters is 1. The first-order valence-corrected chi connectivity index (χ1v) is 8.77. The Labute approximate surface area is 141 Å². The topological polar surface area (TPSA) is 58.6 Å². The minimum atomic E-state index is -0.833. The van der Waals surface area contributed by atoms with Gasteiger partial charge in [0.2, 0.25) is 5.91 Å². The fourth-order valence-electron chi connectivity index (χ4n) is 2.47. The number of fused-ring (bicyclic) bond motifs is 1. The summed E-state index contributed by atoms with van der Waals surface area (Å²) in [6.45, 7) is 8.88. The molecule has 5 nitrogen and oxygen atoms in total. The summed E-state index contributed by atoms with van der Waals surface area (Å²) in [7, 11) is 0. The molecular formula is C17H24N2O3S. The van der Waals surface area contributed by atoms with Gasteiger partial charge in [-0.1, -0.05) is 26.0 Å². The van der Waals surface area contributed by atoms with Crippen LogP contribution in [-0.4, -0.2) is 47.8 Å². The summed E-state index contributed by atoms with van der Waals surface area (Å²) in [4.78, 5) is 27.6. The van der Waals surface area contributed by atoms with E-state index in [-0.39, 0.29) is 18.3 Å². The first kappa shape index (κ1) is 17.8. The van der Waals surface area contributed by atoms with Crippen molar-refractivity contribution in [3.05, 3.63) is 24.3 Å². The molecule has 0 bridgehead atoms.